The van der Waals surface area contributed by atoms with Crippen LogP contribution >= 0.6 is 11.6 Å². The molecule has 5 heteroatoms. The van der Waals surface area contributed by atoms with Crippen molar-refractivity contribution in [3.8, 4) is 11.3 Å². The minimum Gasteiger partial charge on any atom is -0.325 e. The molecule has 0 aliphatic heterocycles. The summed E-state index contributed by atoms with van der Waals surface area (Å²) in [6, 6.07) is 10.7. The van der Waals surface area contributed by atoms with Gasteiger partial charge in [0.1, 0.15) is 5.52 Å². The molecule has 0 aliphatic rings. The molecule has 0 saturated heterocycles. The predicted molar refractivity (Wildman–Crippen MR) is 82.6 cm³/mol. The van der Waals surface area contributed by atoms with E-state index in [0.29, 0.717) is 33.1 Å². The van der Waals surface area contributed by atoms with Crippen LogP contribution in [0.5, 0.6) is 0 Å². The smallest absolute Gasteiger partial charge is 0.153 e. The van der Waals surface area contributed by atoms with Crippen molar-refractivity contribution in [3.05, 3.63) is 58.5 Å². The van der Waals surface area contributed by atoms with E-state index in [4.69, 9.17) is 17.3 Å². The Kier molecular flexibility index (Phi) is 3.57. The fourth-order valence-electron chi connectivity index (χ4n) is 2.24. The van der Waals surface area contributed by atoms with Gasteiger partial charge in [-0.15, -0.1) is 0 Å². The van der Waals surface area contributed by atoms with Crippen molar-refractivity contribution in [2.75, 3.05) is 0 Å². The average molecular weight is 302 g/mol. The van der Waals surface area contributed by atoms with Gasteiger partial charge in [-0.05, 0) is 24.6 Å². The number of halogens is 2. The molecule has 2 aromatic carbocycles. The summed E-state index contributed by atoms with van der Waals surface area (Å²) in [4.78, 5) is 8.86. The van der Waals surface area contributed by atoms with Crippen LogP contribution in [0.1, 0.15) is 11.3 Å². The summed E-state index contributed by atoms with van der Waals surface area (Å²) < 4.78 is 14.3. The molecule has 21 heavy (non-hydrogen) atoms. The van der Waals surface area contributed by atoms with Crippen LogP contribution in [0, 0.1) is 12.7 Å². The number of hydrogen-bond donors (Lipinski definition) is 1. The predicted octanol–water partition coefficient (Wildman–Crippen LogP) is 3.86. The van der Waals surface area contributed by atoms with Crippen molar-refractivity contribution in [2.45, 2.75) is 13.5 Å². The van der Waals surface area contributed by atoms with Gasteiger partial charge in [0.2, 0.25) is 0 Å². The monoisotopic (exact) mass is 301 g/mol. The summed E-state index contributed by atoms with van der Waals surface area (Å²) >= 11 is 6.21. The Balaban J connectivity index is 2.36. The summed E-state index contributed by atoms with van der Waals surface area (Å²) in [6.45, 7) is 1.90. The standard InChI is InChI=1S/C16H13ClFN3/c1-9-6-7-12-16(14(9)18)21-15(13(8-19)20-12)10-4-2-3-5-11(10)17/h2-7H,8,19H2,1H3. The van der Waals surface area contributed by atoms with Crippen LogP contribution in [0.3, 0.4) is 0 Å². The molecule has 2 N–H and O–H groups in total. The van der Waals surface area contributed by atoms with Crippen molar-refractivity contribution in [3.63, 3.8) is 0 Å². The first-order valence-electron chi connectivity index (χ1n) is 6.52. The molecule has 0 atom stereocenters. The van der Waals surface area contributed by atoms with E-state index < -0.39 is 0 Å². The van der Waals surface area contributed by atoms with Crippen LogP contribution in [-0.2, 0) is 6.54 Å². The lowest BCUT2D eigenvalue weighted by Crippen LogP contribution is -2.06. The van der Waals surface area contributed by atoms with Crippen molar-refractivity contribution in [1.29, 1.82) is 0 Å². The highest BCUT2D eigenvalue weighted by atomic mass is 35.5. The number of rotatable bonds is 2. The summed E-state index contributed by atoms with van der Waals surface area (Å²) in [5, 5.41) is 0.536. The maximum Gasteiger partial charge on any atom is 0.153 e. The van der Waals surface area contributed by atoms with Gasteiger partial charge in [0.15, 0.2) is 5.82 Å². The molecule has 0 radical (unpaired) electrons. The van der Waals surface area contributed by atoms with Crippen molar-refractivity contribution < 1.29 is 4.39 Å². The minimum absolute atomic E-state index is 0.207. The van der Waals surface area contributed by atoms with E-state index in [0.717, 1.165) is 0 Å². The second-order valence-electron chi connectivity index (χ2n) is 4.77. The van der Waals surface area contributed by atoms with E-state index in [1.807, 2.05) is 18.2 Å². The molecular weight excluding hydrogens is 289 g/mol. The van der Waals surface area contributed by atoms with Gasteiger partial charge in [-0.2, -0.15) is 0 Å². The van der Waals surface area contributed by atoms with E-state index in [-0.39, 0.29) is 17.9 Å². The number of nitrogens with zero attached hydrogens (tertiary/aromatic N) is 2. The number of fused-ring (bicyclic) bond motifs is 1. The molecule has 3 aromatic rings. The summed E-state index contributed by atoms with van der Waals surface area (Å²) in [7, 11) is 0. The number of aromatic nitrogens is 2. The fraction of sp³-hybridized carbons (Fsp3) is 0.125. The first-order chi connectivity index (χ1) is 10.1. The zero-order valence-corrected chi connectivity index (χ0v) is 12.2. The maximum atomic E-state index is 14.3. The van der Waals surface area contributed by atoms with Crippen LogP contribution in [0.4, 0.5) is 4.39 Å². The van der Waals surface area contributed by atoms with E-state index >= 15 is 0 Å². The second-order valence-corrected chi connectivity index (χ2v) is 5.17. The third-order valence-electron chi connectivity index (χ3n) is 3.36. The van der Waals surface area contributed by atoms with Gasteiger partial charge >= 0.3 is 0 Å². The molecule has 0 bridgehead atoms. The number of benzene rings is 2. The molecule has 1 aromatic heterocycles. The van der Waals surface area contributed by atoms with Crippen LogP contribution < -0.4 is 5.73 Å². The Morgan fingerprint density at radius 1 is 1.14 bits per heavy atom. The molecule has 1 heterocycles. The molecule has 0 fully saturated rings. The highest BCUT2D eigenvalue weighted by molar-refractivity contribution is 6.33. The molecule has 0 amide bonds. The maximum absolute atomic E-state index is 14.3. The average Bonchev–Trinajstić information content (AvgIpc) is 2.50. The van der Waals surface area contributed by atoms with Gasteiger partial charge in [0.25, 0.3) is 0 Å². The quantitative estimate of drug-likeness (QED) is 0.782. The van der Waals surface area contributed by atoms with Crippen LogP contribution in [0.2, 0.25) is 5.02 Å². The Morgan fingerprint density at radius 3 is 2.62 bits per heavy atom. The number of hydrogen-bond acceptors (Lipinski definition) is 3. The van der Waals surface area contributed by atoms with Gasteiger partial charge < -0.3 is 5.73 Å². The largest absolute Gasteiger partial charge is 0.325 e. The van der Waals surface area contributed by atoms with Crippen LogP contribution in [0.25, 0.3) is 22.3 Å². The Hall–Kier alpha value is -2.04. The molecular formula is C16H13ClFN3. The molecule has 3 nitrogen and oxygen atoms in total. The first-order valence-corrected chi connectivity index (χ1v) is 6.90. The van der Waals surface area contributed by atoms with Crippen LogP contribution in [0.15, 0.2) is 36.4 Å². The minimum atomic E-state index is -0.364. The van der Waals surface area contributed by atoms with Gasteiger partial charge in [-0.1, -0.05) is 35.9 Å². The van der Waals surface area contributed by atoms with E-state index in [2.05, 4.69) is 9.97 Å². The molecule has 106 valence electrons. The Morgan fingerprint density at radius 2 is 1.90 bits per heavy atom. The topological polar surface area (TPSA) is 51.8 Å². The molecule has 0 spiro atoms. The SMILES string of the molecule is Cc1ccc2nc(CN)c(-c3ccccc3Cl)nc2c1F. The first kappa shape index (κ1) is 13.9. The second kappa shape index (κ2) is 5.39. The van der Waals surface area contributed by atoms with Gasteiger partial charge in [-0.25, -0.2) is 14.4 Å². The number of aryl methyl sites for hydroxylation is 1. The molecule has 0 saturated carbocycles. The van der Waals surface area contributed by atoms with Gasteiger partial charge in [0.05, 0.1) is 21.9 Å². The van der Waals surface area contributed by atoms with Crippen molar-refractivity contribution in [1.82, 2.24) is 9.97 Å². The third kappa shape index (κ3) is 2.37. The highest BCUT2D eigenvalue weighted by Crippen LogP contribution is 2.30. The lowest BCUT2D eigenvalue weighted by Gasteiger charge is -2.11. The van der Waals surface area contributed by atoms with Crippen molar-refractivity contribution in [2.24, 2.45) is 5.73 Å². The van der Waals surface area contributed by atoms with E-state index in [1.165, 1.54) is 0 Å². The van der Waals surface area contributed by atoms with Crippen molar-refractivity contribution >= 4 is 22.6 Å². The van der Waals surface area contributed by atoms with Gasteiger partial charge in [0, 0.05) is 12.1 Å². The molecule has 3 rings (SSSR count). The zero-order chi connectivity index (χ0) is 15.0. The van der Waals surface area contributed by atoms with Gasteiger partial charge in [-0.3, -0.25) is 0 Å². The van der Waals surface area contributed by atoms with E-state index in [9.17, 15) is 4.39 Å². The molecule has 0 aliphatic carbocycles. The van der Waals surface area contributed by atoms with Crippen LogP contribution in [-0.4, -0.2) is 9.97 Å². The lowest BCUT2D eigenvalue weighted by molar-refractivity contribution is 0.627. The van der Waals surface area contributed by atoms with E-state index in [1.54, 1.807) is 25.1 Å². The Labute approximate surface area is 126 Å². The number of nitrogens with two attached hydrogens (primary N) is 1. The highest BCUT2D eigenvalue weighted by Gasteiger charge is 2.15. The zero-order valence-electron chi connectivity index (χ0n) is 11.4. The normalized spacial score (nSPS) is 11.0. The Bertz CT molecular complexity index is 833. The fourth-order valence-corrected chi connectivity index (χ4v) is 2.46. The summed E-state index contributed by atoms with van der Waals surface area (Å²) in [5.74, 6) is -0.364. The molecule has 0 unspecified atom stereocenters. The lowest BCUT2D eigenvalue weighted by atomic mass is 10.1. The third-order valence-corrected chi connectivity index (χ3v) is 3.69. The summed E-state index contributed by atoms with van der Waals surface area (Å²) in [6.07, 6.45) is 0. The summed E-state index contributed by atoms with van der Waals surface area (Å²) in [5.41, 5.74) is 8.85.